The van der Waals surface area contributed by atoms with Crippen LogP contribution in [-0.4, -0.2) is 45.8 Å². The summed E-state index contributed by atoms with van der Waals surface area (Å²) in [5.41, 5.74) is 1.23. The predicted molar refractivity (Wildman–Crippen MR) is 107 cm³/mol. The Kier molecular flexibility index (Phi) is 4.15. The number of imide groups is 1. The van der Waals surface area contributed by atoms with E-state index in [9.17, 15) is 14.0 Å². The van der Waals surface area contributed by atoms with Crippen molar-refractivity contribution < 1.29 is 28.0 Å². The van der Waals surface area contributed by atoms with Gasteiger partial charge in [-0.05, 0) is 42.8 Å². The molecule has 2 unspecified atom stereocenters. The second-order valence-electron chi connectivity index (χ2n) is 7.72. The fraction of sp³-hybridized carbons (Fsp3) is 0.238. The lowest BCUT2D eigenvalue weighted by atomic mass is 10.1. The summed E-state index contributed by atoms with van der Waals surface area (Å²) in [6.07, 6.45) is 0. The maximum atomic E-state index is 14.0. The molecule has 0 N–H and O–H groups in total. The molecule has 0 bridgehead atoms. The van der Waals surface area contributed by atoms with Gasteiger partial charge in [-0.2, -0.15) is 10.1 Å². The second kappa shape index (κ2) is 7.08. The minimum Gasteiger partial charge on any atom is -0.454 e. The first-order valence-electron chi connectivity index (χ1n) is 10.0. The van der Waals surface area contributed by atoms with Crippen LogP contribution in [0.15, 0.2) is 51.3 Å². The van der Waals surface area contributed by atoms with Gasteiger partial charge in [0.15, 0.2) is 23.6 Å². The summed E-state index contributed by atoms with van der Waals surface area (Å²) in [5.74, 6) is 0.0976. The number of amides is 2. The Morgan fingerprint density at radius 1 is 1.09 bits per heavy atom. The monoisotopic (exact) mass is 450 g/mol. The number of fused-ring (bicyclic) bond motifs is 2. The molecule has 1 aromatic heterocycles. The third-order valence-corrected chi connectivity index (χ3v) is 5.67. The first kappa shape index (κ1) is 19.3. The summed E-state index contributed by atoms with van der Waals surface area (Å²) in [4.78, 5) is 31.1. The number of nitrogens with zero attached hydrogens (tertiary/aromatic N) is 6. The van der Waals surface area contributed by atoms with Gasteiger partial charge in [-0.3, -0.25) is 14.6 Å². The number of aromatic nitrogens is 2. The Morgan fingerprint density at radius 2 is 1.94 bits per heavy atom. The Balaban J connectivity index is 1.22. The average molecular weight is 450 g/mol. The van der Waals surface area contributed by atoms with Crippen LogP contribution in [0.2, 0.25) is 0 Å². The molecule has 1 saturated heterocycles. The van der Waals surface area contributed by atoms with Crippen LogP contribution in [0.1, 0.15) is 11.5 Å². The van der Waals surface area contributed by atoms with Gasteiger partial charge in [0.05, 0.1) is 5.69 Å². The maximum Gasteiger partial charge on any atom is 0.263 e. The third-order valence-electron chi connectivity index (χ3n) is 5.67. The summed E-state index contributed by atoms with van der Waals surface area (Å²) in [6.45, 7) is 1.72. The molecule has 0 spiro atoms. The van der Waals surface area contributed by atoms with Crippen LogP contribution < -0.4 is 14.4 Å². The molecule has 2 amide bonds. The van der Waals surface area contributed by atoms with E-state index in [4.69, 9.17) is 14.0 Å². The van der Waals surface area contributed by atoms with Crippen molar-refractivity contribution in [2.45, 2.75) is 25.6 Å². The van der Waals surface area contributed by atoms with E-state index >= 15 is 0 Å². The highest BCUT2D eigenvalue weighted by Crippen LogP contribution is 2.36. The van der Waals surface area contributed by atoms with E-state index < -0.39 is 29.7 Å². The molecule has 33 heavy (non-hydrogen) atoms. The van der Waals surface area contributed by atoms with Crippen LogP contribution >= 0.6 is 0 Å². The number of hydrogen-bond acceptors (Lipinski definition) is 10. The van der Waals surface area contributed by atoms with E-state index in [-0.39, 0.29) is 24.9 Å². The molecule has 11 nitrogen and oxygen atoms in total. The lowest BCUT2D eigenvalue weighted by molar-refractivity contribution is -0.123. The van der Waals surface area contributed by atoms with Crippen molar-refractivity contribution in [1.82, 2.24) is 15.1 Å². The number of hydrogen-bond donors (Lipinski definition) is 0. The van der Waals surface area contributed by atoms with Gasteiger partial charge in [0.1, 0.15) is 12.4 Å². The van der Waals surface area contributed by atoms with Crippen LogP contribution in [0.5, 0.6) is 11.5 Å². The first-order valence-corrected chi connectivity index (χ1v) is 10.0. The van der Waals surface area contributed by atoms with Gasteiger partial charge in [0, 0.05) is 5.56 Å². The van der Waals surface area contributed by atoms with Gasteiger partial charge in [0.2, 0.25) is 18.5 Å². The fourth-order valence-corrected chi connectivity index (χ4v) is 3.94. The number of carbonyl (C=O) groups excluding carboxylic acids is 2. The lowest BCUT2D eigenvalue weighted by Gasteiger charge is -2.19. The van der Waals surface area contributed by atoms with Crippen LogP contribution in [0, 0.1) is 12.7 Å². The van der Waals surface area contributed by atoms with Gasteiger partial charge in [0.25, 0.3) is 11.8 Å². The predicted octanol–water partition coefficient (Wildman–Crippen LogP) is 2.41. The third kappa shape index (κ3) is 3.02. The molecule has 12 heteroatoms. The molecule has 4 heterocycles. The SMILES string of the molecule is Cc1ccc(N2C(=O)C3N=NN(Cc4nc(-c5ccc6c(c5)OCO6)no4)C3C2=O)cc1F. The molecule has 0 saturated carbocycles. The molecule has 3 aliphatic rings. The van der Waals surface area contributed by atoms with Gasteiger partial charge >= 0.3 is 0 Å². The molecule has 166 valence electrons. The highest BCUT2D eigenvalue weighted by atomic mass is 19.1. The number of halogens is 1. The summed E-state index contributed by atoms with van der Waals surface area (Å²) in [6, 6.07) is 7.45. The van der Waals surface area contributed by atoms with Gasteiger partial charge in [-0.1, -0.05) is 16.4 Å². The quantitative estimate of drug-likeness (QED) is 0.556. The van der Waals surface area contributed by atoms with Gasteiger partial charge < -0.3 is 14.0 Å². The molecule has 3 aliphatic heterocycles. The molecule has 6 rings (SSSR count). The Morgan fingerprint density at radius 3 is 2.79 bits per heavy atom. The minimum atomic E-state index is -1.02. The van der Waals surface area contributed by atoms with E-state index in [0.29, 0.717) is 28.5 Å². The summed E-state index contributed by atoms with van der Waals surface area (Å²) < 4.78 is 30.0. The van der Waals surface area contributed by atoms with E-state index in [2.05, 4.69) is 20.5 Å². The largest absolute Gasteiger partial charge is 0.454 e. The van der Waals surface area contributed by atoms with E-state index in [1.807, 2.05) is 0 Å². The van der Waals surface area contributed by atoms with Crippen molar-refractivity contribution in [3.8, 4) is 22.9 Å². The van der Waals surface area contributed by atoms with Crippen LogP contribution in [0.3, 0.4) is 0 Å². The van der Waals surface area contributed by atoms with Crippen molar-refractivity contribution in [3.05, 3.63) is 53.7 Å². The number of rotatable bonds is 4. The van der Waals surface area contributed by atoms with Crippen LogP contribution in [-0.2, 0) is 16.1 Å². The minimum absolute atomic E-state index is 0.0304. The van der Waals surface area contributed by atoms with Crippen LogP contribution in [0.4, 0.5) is 10.1 Å². The zero-order valence-corrected chi connectivity index (χ0v) is 17.1. The van der Waals surface area contributed by atoms with E-state index in [1.165, 1.54) is 17.1 Å². The van der Waals surface area contributed by atoms with Crippen molar-refractivity contribution in [2.24, 2.45) is 10.3 Å². The van der Waals surface area contributed by atoms with Crippen molar-refractivity contribution in [2.75, 3.05) is 11.7 Å². The maximum absolute atomic E-state index is 14.0. The van der Waals surface area contributed by atoms with Crippen molar-refractivity contribution in [3.63, 3.8) is 0 Å². The van der Waals surface area contributed by atoms with E-state index in [1.54, 1.807) is 25.1 Å². The Bertz CT molecular complexity index is 1340. The highest BCUT2D eigenvalue weighted by molar-refractivity contribution is 6.25. The normalized spacial score (nSPS) is 20.8. The molecule has 0 aliphatic carbocycles. The Hall–Kier alpha value is -4.35. The smallest absolute Gasteiger partial charge is 0.263 e. The molecule has 2 atom stereocenters. The standard InChI is InChI=1S/C21H15FN6O5/c1-10-2-4-12(7-13(10)22)28-20(29)17-18(21(28)30)27(26-24-17)8-16-23-19(25-33-16)11-3-5-14-15(6-11)32-9-31-14/h2-7,17-18H,8-9H2,1H3. The number of aryl methyl sites for hydroxylation is 1. The molecular formula is C21H15FN6O5. The van der Waals surface area contributed by atoms with Crippen molar-refractivity contribution >= 4 is 17.5 Å². The second-order valence-corrected chi connectivity index (χ2v) is 7.72. The number of ether oxygens (including phenoxy) is 2. The zero-order chi connectivity index (χ0) is 22.7. The number of anilines is 1. The lowest BCUT2D eigenvalue weighted by Crippen LogP contribution is -2.39. The molecule has 1 fully saturated rings. The topological polar surface area (TPSA) is 123 Å². The zero-order valence-electron chi connectivity index (χ0n) is 17.1. The summed E-state index contributed by atoms with van der Waals surface area (Å²) in [7, 11) is 0. The summed E-state index contributed by atoms with van der Waals surface area (Å²) in [5, 5.41) is 13.2. The summed E-state index contributed by atoms with van der Waals surface area (Å²) >= 11 is 0. The highest BCUT2D eigenvalue weighted by Gasteiger charge is 2.55. The molecular weight excluding hydrogens is 435 g/mol. The first-order chi connectivity index (χ1) is 16.0. The van der Waals surface area contributed by atoms with Gasteiger partial charge in [-0.15, -0.1) is 0 Å². The molecule has 2 aromatic carbocycles. The van der Waals surface area contributed by atoms with Crippen LogP contribution in [0.25, 0.3) is 11.4 Å². The van der Waals surface area contributed by atoms with Gasteiger partial charge in [-0.25, -0.2) is 9.29 Å². The van der Waals surface area contributed by atoms with E-state index in [0.717, 1.165) is 11.0 Å². The Labute approximate surface area is 185 Å². The fourth-order valence-electron chi connectivity index (χ4n) is 3.94. The molecule has 3 aromatic rings. The van der Waals surface area contributed by atoms with Crippen molar-refractivity contribution in [1.29, 1.82) is 0 Å². The average Bonchev–Trinajstić information content (AvgIpc) is 3.57. The molecule has 0 radical (unpaired) electrons. The number of carbonyl (C=O) groups is 2. The number of benzene rings is 2.